The average molecular weight is 276 g/mol. The van der Waals surface area contributed by atoms with E-state index in [1.54, 1.807) is 0 Å². The number of aliphatic hydroxyl groups excluding tert-OH is 2. The van der Waals surface area contributed by atoms with Gasteiger partial charge in [-0.15, -0.1) is 0 Å². The molecule has 0 radical (unpaired) electrons. The van der Waals surface area contributed by atoms with Crippen molar-refractivity contribution >= 4 is 11.9 Å². The third-order valence-corrected chi connectivity index (χ3v) is 2.92. The Balaban J connectivity index is 3.48. The molecule has 2 N–H and O–H groups in total. The first-order valence-electron chi connectivity index (χ1n) is 6.53. The van der Waals surface area contributed by atoms with Crippen LogP contribution in [0.5, 0.6) is 0 Å². The number of aliphatic hydroxyl groups is 2. The molecule has 0 aliphatic rings. The number of esters is 2. The van der Waals surface area contributed by atoms with Gasteiger partial charge in [-0.2, -0.15) is 0 Å². The molecule has 2 unspecified atom stereocenters. The van der Waals surface area contributed by atoms with E-state index in [1.165, 1.54) is 14.2 Å². The number of rotatable bonds is 10. The van der Waals surface area contributed by atoms with Crippen LogP contribution in [0.3, 0.4) is 0 Å². The molecule has 0 spiro atoms. The van der Waals surface area contributed by atoms with Crippen molar-refractivity contribution < 1.29 is 29.3 Å². The Hall–Kier alpha value is -1.14. The maximum Gasteiger partial charge on any atom is 0.337 e. The molecular weight excluding hydrogens is 252 g/mol. The summed E-state index contributed by atoms with van der Waals surface area (Å²) in [6.45, 7) is 0. The van der Waals surface area contributed by atoms with Gasteiger partial charge in [0, 0.05) is 6.42 Å². The highest BCUT2D eigenvalue weighted by atomic mass is 16.5. The molecular formula is C13H24O6. The van der Waals surface area contributed by atoms with Gasteiger partial charge in [-0.3, -0.25) is 4.79 Å². The number of hydrogen-bond donors (Lipinski definition) is 2. The summed E-state index contributed by atoms with van der Waals surface area (Å²) >= 11 is 0. The molecule has 0 amide bonds. The fraction of sp³-hybridized carbons (Fsp3) is 0.846. The Morgan fingerprint density at radius 3 is 2.11 bits per heavy atom. The number of hydrogen-bond acceptors (Lipinski definition) is 6. The highest BCUT2D eigenvalue weighted by molar-refractivity contribution is 5.74. The summed E-state index contributed by atoms with van der Waals surface area (Å²) in [7, 11) is 2.54. The number of carbonyl (C=O) groups is 2. The average Bonchev–Trinajstić information content (AvgIpc) is 2.43. The second-order valence-electron chi connectivity index (χ2n) is 4.42. The van der Waals surface area contributed by atoms with Crippen molar-refractivity contribution in [3.8, 4) is 0 Å². The van der Waals surface area contributed by atoms with Gasteiger partial charge in [0.25, 0.3) is 0 Å². The van der Waals surface area contributed by atoms with E-state index in [2.05, 4.69) is 9.47 Å². The molecule has 0 saturated heterocycles. The fourth-order valence-corrected chi connectivity index (χ4v) is 1.69. The number of unbranched alkanes of at least 4 members (excludes halogenated alkanes) is 4. The van der Waals surface area contributed by atoms with E-state index in [0.29, 0.717) is 19.3 Å². The molecule has 0 bridgehead atoms. The van der Waals surface area contributed by atoms with Gasteiger partial charge in [0.15, 0.2) is 6.10 Å². The molecule has 0 saturated carbocycles. The maximum absolute atomic E-state index is 10.9. The normalized spacial score (nSPS) is 13.7. The largest absolute Gasteiger partial charge is 0.469 e. The van der Waals surface area contributed by atoms with E-state index < -0.39 is 18.2 Å². The van der Waals surface area contributed by atoms with E-state index in [-0.39, 0.29) is 5.97 Å². The van der Waals surface area contributed by atoms with Crippen LogP contribution in [0.15, 0.2) is 0 Å². The van der Waals surface area contributed by atoms with Gasteiger partial charge in [-0.25, -0.2) is 4.79 Å². The summed E-state index contributed by atoms with van der Waals surface area (Å²) in [6, 6.07) is 0. The molecule has 0 aromatic rings. The minimum atomic E-state index is -1.47. The van der Waals surface area contributed by atoms with Crippen LogP contribution < -0.4 is 0 Å². The Labute approximate surface area is 113 Å². The lowest BCUT2D eigenvalue weighted by molar-refractivity contribution is -0.156. The molecule has 0 aliphatic carbocycles. The van der Waals surface area contributed by atoms with Crippen molar-refractivity contribution in [1.29, 1.82) is 0 Å². The lowest BCUT2D eigenvalue weighted by atomic mass is 10.0. The molecule has 0 heterocycles. The summed E-state index contributed by atoms with van der Waals surface area (Å²) in [6.07, 6.45) is 2.49. The fourth-order valence-electron chi connectivity index (χ4n) is 1.69. The first kappa shape index (κ1) is 17.9. The minimum Gasteiger partial charge on any atom is -0.469 e. The van der Waals surface area contributed by atoms with Gasteiger partial charge < -0.3 is 19.7 Å². The van der Waals surface area contributed by atoms with Gasteiger partial charge in [0.05, 0.1) is 20.3 Å². The second-order valence-corrected chi connectivity index (χ2v) is 4.42. The van der Waals surface area contributed by atoms with Crippen LogP contribution in [0, 0.1) is 0 Å². The first-order chi connectivity index (χ1) is 9.02. The molecule has 0 rings (SSSR count). The summed E-state index contributed by atoms with van der Waals surface area (Å²) < 4.78 is 8.86. The van der Waals surface area contributed by atoms with Crippen molar-refractivity contribution in [2.24, 2.45) is 0 Å². The maximum atomic E-state index is 10.9. The van der Waals surface area contributed by atoms with E-state index >= 15 is 0 Å². The Morgan fingerprint density at radius 1 is 0.947 bits per heavy atom. The highest BCUT2D eigenvalue weighted by Crippen LogP contribution is 2.11. The summed E-state index contributed by atoms with van der Waals surface area (Å²) in [5, 5.41) is 18.9. The lowest BCUT2D eigenvalue weighted by Gasteiger charge is -2.15. The zero-order valence-electron chi connectivity index (χ0n) is 11.6. The third kappa shape index (κ3) is 8.56. The van der Waals surface area contributed by atoms with E-state index in [1.807, 2.05) is 0 Å². The SMILES string of the molecule is COC(=O)CCCCCCCC(O)C(O)C(=O)OC. The van der Waals surface area contributed by atoms with Gasteiger partial charge in [-0.1, -0.05) is 25.7 Å². The number of ether oxygens (including phenoxy) is 2. The second kappa shape index (κ2) is 10.8. The highest BCUT2D eigenvalue weighted by Gasteiger charge is 2.24. The van der Waals surface area contributed by atoms with Crippen molar-refractivity contribution in [1.82, 2.24) is 0 Å². The smallest absolute Gasteiger partial charge is 0.337 e. The lowest BCUT2D eigenvalue weighted by Crippen LogP contribution is -2.34. The van der Waals surface area contributed by atoms with Gasteiger partial charge in [0.1, 0.15) is 0 Å². The van der Waals surface area contributed by atoms with Crippen molar-refractivity contribution in [2.75, 3.05) is 14.2 Å². The predicted molar refractivity (Wildman–Crippen MR) is 68.4 cm³/mol. The van der Waals surface area contributed by atoms with Gasteiger partial charge in [0.2, 0.25) is 0 Å². The van der Waals surface area contributed by atoms with Crippen molar-refractivity contribution in [3.05, 3.63) is 0 Å². The van der Waals surface area contributed by atoms with Crippen LogP contribution in [0.1, 0.15) is 44.9 Å². The monoisotopic (exact) mass is 276 g/mol. The Morgan fingerprint density at radius 2 is 1.53 bits per heavy atom. The molecule has 19 heavy (non-hydrogen) atoms. The predicted octanol–water partition coefficient (Wildman–Crippen LogP) is 0.785. The molecule has 6 nitrogen and oxygen atoms in total. The Bertz CT molecular complexity index is 266. The molecule has 6 heteroatoms. The summed E-state index contributed by atoms with van der Waals surface area (Å²) in [5.41, 5.74) is 0. The zero-order valence-corrected chi connectivity index (χ0v) is 11.6. The summed E-state index contributed by atoms with van der Waals surface area (Å²) in [5.74, 6) is -1.01. The number of carbonyl (C=O) groups excluding carboxylic acids is 2. The van der Waals surface area contributed by atoms with Crippen LogP contribution in [0.4, 0.5) is 0 Å². The standard InChI is InChI=1S/C13H24O6/c1-18-11(15)9-7-5-3-4-6-8-10(14)12(16)13(17)19-2/h10,12,14,16H,3-9H2,1-2H3. The quantitative estimate of drug-likeness (QED) is 0.452. The number of methoxy groups -OCH3 is 2. The van der Waals surface area contributed by atoms with Crippen molar-refractivity contribution in [3.63, 3.8) is 0 Å². The topological polar surface area (TPSA) is 93.1 Å². The van der Waals surface area contributed by atoms with E-state index in [4.69, 9.17) is 0 Å². The Kier molecular flexibility index (Phi) is 10.1. The molecule has 0 fully saturated rings. The molecule has 112 valence electrons. The third-order valence-electron chi connectivity index (χ3n) is 2.92. The van der Waals surface area contributed by atoms with Gasteiger partial charge >= 0.3 is 11.9 Å². The summed E-state index contributed by atoms with van der Waals surface area (Å²) in [4.78, 5) is 21.8. The van der Waals surface area contributed by atoms with Crippen LogP contribution in [-0.2, 0) is 19.1 Å². The molecule has 0 aliphatic heterocycles. The van der Waals surface area contributed by atoms with Crippen LogP contribution in [0.2, 0.25) is 0 Å². The van der Waals surface area contributed by atoms with E-state index in [0.717, 1.165) is 25.7 Å². The van der Waals surface area contributed by atoms with Crippen LogP contribution >= 0.6 is 0 Å². The van der Waals surface area contributed by atoms with Gasteiger partial charge in [-0.05, 0) is 12.8 Å². The molecule has 2 atom stereocenters. The van der Waals surface area contributed by atoms with Crippen LogP contribution in [0.25, 0.3) is 0 Å². The first-order valence-corrected chi connectivity index (χ1v) is 6.53. The molecule has 0 aromatic heterocycles. The van der Waals surface area contributed by atoms with Crippen molar-refractivity contribution in [2.45, 2.75) is 57.2 Å². The zero-order chi connectivity index (χ0) is 14.7. The molecule has 0 aromatic carbocycles. The van der Waals surface area contributed by atoms with E-state index in [9.17, 15) is 19.8 Å². The van der Waals surface area contributed by atoms with Crippen LogP contribution in [-0.4, -0.2) is 48.6 Å². The minimum absolute atomic E-state index is 0.198.